The molecule has 53 heavy (non-hydrogen) atoms. The number of esters is 3. The van der Waals surface area contributed by atoms with E-state index >= 15 is 0 Å². The van der Waals surface area contributed by atoms with Crippen molar-refractivity contribution in [3.63, 3.8) is 0 Å². The predicted molar refractivity (Wildman–Crippen MR) is 188 cm³/mol. The van der Waals surface area contributed by atoms with Gasteiger partial charge in [0.25, 0.3) is 0 Å². The summed E-state index contributed by atoms with van der Waals surface area (Å²) in [4.78, 5) is 66.0. The van der Waals surface area contributed by atoms with Crippen molar-refractivity contribution in [2.24, 2.45) is 0 Å². The van der Waals surface area contributed by atoms with Gasteiger partial charge in [-0.3, -0.25) is 14.4 Å². The summed E-state index contributed by atoms with van der Waals surface area (Å²) in [5, 5.41) is 27.5. The monoisotopic (exact) mass is 743 g/mol. The second-order valence-corrected chi connectivity index (χ2v) is 16.3. The van der Waals surface area contributed by atoms with Crippen LogP contribution >= 0.6 is 0 Å². The van der Waals surface area contributed by atoms with Crippen molar-refractivity contribution in [1.29, 1.82) is 0 Å². The average molecular weight is 744 g/mol. The number of carbonyl (C=O) groups is 5. The molecule has 4 N–H and O–H groups in total. The van der Waals surface area contributed by atoms with Crippen molar-refractivity contribution in [3.8, 4) is 5.75 Å². The molecule has 0 aromatic heterocycles. The molecule has 15 heteroatoms. The normalized spacial score (nSPS) is 25.4. The highest BCUT2D eigenvalue weighted by molar-refractivity contribution is 5.87. The molecule has 0 saturated carbocycles. The van der Waals surface area contributed by atoms with Crippen molar-refractivity contribution in [2.45, 2.75) is 140 Å². The van der Waals surface area contributed by atoms with Gasteiger partial charge >= 0.3 is 24.0 Å². The van der Waals surface area contributed by atoms with E-state index in [4.69, 9.17) is 23.7 Å². The third-order valence-electron chi connectivity index (χ3n) is 10.2. The van der Waals surface area contributed by atoms with Crippen LogP contribution in [0.4, 0.5) is 4.79 Å². The second-order valence-electron chi connectivity index (χ2n) is 16.3. The summed E-state index contributed by atoms with van der Waals surface area (Å²) in [7, 11) is 1.99. The van der Waals surface area contributed by atoms with E-state index in [1.807, 2.05) is 19.2 Å². The molecule has 1 aromatic rings. The van der Waals surface area contributed by atoms with Crippen LogP contribution in [0.25, 0.3) is 0 Å². The minimum atomic E-state index is -1.32. The van der Waals surface area contributed by atoms with Gasteiger partial charge in [-0.25, -0.2) is 9.59 Å². The molecule has 1 spiro atoms. The molecule has 2 heterocycles. The standard InChI is InChI=1S/C38H53N3O12/c1-21(49-27(43)14-17-39-32(45)24(40-34(47)53-36(5,6)7)11-12-28(44)52-35(2,3)4)33(46)50-25-13-15-38(48)26-19-22-9-10-23(20-42)30-29(22)37(38,31(25)51-30)16-18-41(26)8/h9-10,13,21,24,26,31,42,48H,11-12,14-20H2,1-8H3,(H,39,45)(H,40,47)/t21-,24-,26+,31-,37-,38+/m0/s1. The maximum atomic E-state index is 13.3. The lowest BCUT2D eigenvalue weighted by molar-refractivity contribution is -0.175. The zero-order valence-corrected chi connectivity index (χ0v) is 31.8. The van der Waals surface area contributed by atoms with Crippen LogP contribution in [-0.4, -0.2) is 106 Å². The lowest BCUT2D eigenvalue weighted by Gasteiger charge is -2.61. The first-order chi connectivity index (χ1) is 24.7. The van der Waals surface area contributed by atoms with E-state index < -0.39 is 70.4 Å². The molecule has 0 radical (unpaired) electrons. The molecule has 2 bridgehead atoms. The fourth-order valence-electron chi connectivity index (χ4n) is 7.92. The van der Waals surface area contributed by atoms with E-state index in [0.717, 1.165) is 11.1 Å². The van der Waals surface area contributed by atoms with Gasteiger partial charge in [-0.15, -0.1) is 0 Å². The SMILES string of the molecule is C[C@H](OC(=O)CCNC(=O)[C@H](CCC(=O)OC(C)(C)C)NC(=O)OC(C)(C)C)C(=O)OC1=CC[C@@]2(O)[C@H]3Cc4ccc(CO)c5c4[C@@]2(CCN3C)[C@H]1O5. The van der Waals surface area contributed by atoms with Crippen molar-refractivity contribution >= 4 is 29.9 Å². The number of likely N-dealkylation sites (N-methyl/N-ethyl adjacent to an activating group) is 1. The Balaban J connectivity index is 1.18. The van der Waals surface area contributed by atoms with Gasteiger partial charge in [0.1, 0.15) is 28.8 Å². The number of alkyl carbamates (subject to hydrolysis) is 1. The van der Waals surface area contributed by atoms with E-state index in [9.17, 15) is 34.2 Å². The smallest absolute Gasteiger partial charge is 0.408 e. The number of hydrogen-bond acceptors (Lipinski definition) is 13. The van der Waals surface area contributed by atoms with Gasteiger partial charge < -0.3 is 49.4 Å². The summed E-state index contributed by atoms with van der Waals surface area (Å²) in [6, 6.07) is 2.44. The molecule has 2 aliphatic carbocycles. The summed E-state index contributed by atoms with van der Waals surface area (Å²) in [5.41, 5.74) is -1.19. The largest absolute Gasteiger partial charge is 0.481 e. The van der Waals surface area contributed by atoms with Crippen molar-refractivity contribution < 1.29 is 57.9 Å². The van der Waals surface area contributed by atoms with Crippen LogP contribution in [0.5, 0.6) is 5.75 Å². The third-order valence-corrected chi connectivity index (χ3v) is 10.2. The van der Waals surface area contributed by atoms with Crippen LogP contribution in [0, 0.1) is 0 Å². The number of hydrogen-bond donors (Lipinski definition) is 4. The number of aliphatic hydroxyl groups is 2. The average Bonchev–Trinajstić information content (AvgIpc) is 3.40. The first-order valence-corrected chi connectivity index (χ1v) is 18.1. The molecule has 292 valence electrons. The summed E-state index contributed by atoms with van der Waals surface area (Å²) in [5.74, 6) is -2.13. The quantitative estimate of drug-likeness (QED) is 0.180. The van der Waals surface area contributed by atoms with Gasteiger partial charge in [-0.2, -0.15) is 0 Å². The minimum absolute atomic E-state index is 0.0857. The highest BCUT2D eigenvalue weighted by Crippen LogP contribution is 2.64. The molecular formula is C38H53N3O12. The molecular weight excluding hydrogens is 690 g/mol. The maximum Gasteiger partial charge on any atom is 0.408 e. The van der Waals surface area contributed by atoms with E-state index in [1.165, 1.54) is 6.92 Å². The molecule has 0 unspecified atom stereocenters. The van der Waals surface area contributed by atoms with Crippen LogP contribution in [0.2, 0.25) is 0 Å². The molecule has 15 nitrogen and oxygen atoms in total. The molecule has 6 atom stereocenters. The fourth-order valence-corrected chi connectivity index (χ4v) is 7.92. The van der Waals surface area contributed by atoms with Crippen LogP contribution in [0.15, 0.2) is 24.0 Å². The number of nitrogens with one attached hydrogen (secondary N) is 2. The highest BCUT2D eigenvalue weighted by atomic mass is 16.6. The molecule has 1 fully saturated rings. The molecule has 1 aromatic carbocycles. The van der Waals surface area contributed by atoms with Gasteiger partial charge in [0, 0.05) is 36.6 Å². The van der Waals surface area contributed by atoms with E-state index in [-0.39, 0.29) is 50.6 Å². The Morgan fingerprint density at radius 1 is 1.04 bits per heavy atom. The highest BCUT2D eigenvalue weighted by Gasteiger charge is 2.72. The zero-order chi connectivity index (χ0) is 39.1. The molecule has 5 rings (SSSR count). The first-order valence-electron chi connectivity index (χ1n) is 18.1. The van der Waals surface area contributed by atoms with Crippen LogP contribution in [0.3, 0.4) is 0 Å². The summed E-state index contributed by atoms with van der Waals surface area (Å²) in [6.45, 7) is 11.7. The van der Waals surface area contributed by atoms with Gasteiger partial charge in [0.2, 0.25) is 5.91 Å². The fraction of sp³-hybridized carbons (Fsp3) is 0.658. The summed E-state index contributed by atoms with van der Waals surface area (Å²) in [6.07, 6.45) is -0.545. The minimum Gasteiger partial charge on any atom is -0.481 e. The Labute approximate surface area is 309 Å². The number of rotatable bonds is 12. The van der Waals surface area contributed by atoms with Crippen molar-refractivity contribution in [1.82, 2.24) is 15.5 Å². The Kier molecular flexibility index (Phi) is 11.2. The number of nitrogens with zero attached hydrogens (tertiary/aromatic N) is 1. The number of benzene rings is 1. The number of ether oxygens (including phenoxy) is 5. The third kappa shape index (κ3) is 8.16. The number of piperidine rings is 1. The predicted octanol–water partition coefficient (Wildman–Crippen LogP) is 2.45. The number of aliphatic hydroxyl groups excluding tert-OH is 1. The van der Waals surface area contributed by atoms with Gasteiger partial charge in [-0.05, 0) is 93.0 Å². The van der Waals surface area contributed by atoms with Gasteiger partial charge in [-0.1, -0.05) is 12.1 Å². The number of likely N-dealkylation sites (tertiary alicyclic amines) is 1. The van der Waals surface area contributed by atoms with E-state index in [2.05, 4.69) is 15.5 Å². The molecule has 1 saturated heterocycles. The Bertz CT molecular complexity index is 1660. The number of amides is 2. The van der Waals surface area contributed by atoms with Gasteiger partial charge in [0.15, 0.2) is 12.2 Å². The summed E-state index contributed by atoms with van der Waals surface area (Å²) >= 11 is 0. The lowest BCUT2D eigenvalue weighted by atomic mass is 9.50. The van der Waals surface area contributed by atoms with Crippen LogP contribution in [-0.2, 0) is 56.6 Å². The first kappa shape index (κ1) is 40.0. The Morgan fingerprint density at radius 2 is 1.74 bits per heavy atom. The van der Waals surface area contributed by atoms with Crippen molar-refractivity contribution in [3.05, 3.63) is 40.7 Å². The number of carbonyl (C=O) groups excluding carboxylic acids is 5. The molecule has 2 amide bonds. The second kappa shape index (κ2) is 14.9. The van der Waals surface area contributed by atoms with E-state index in [1.54, 1.807) is 47.6 Å². The van der Waals surface area contributed by atoms with Gasteiger partial charge in [0.05, 0.1) is 24.0 Å². The summed E-state index contributed by atoms with van der Waals surface area (Å²) < 4.78 is 28.2. The van der Waals surface area contributed by atoms with Crippen LogP contribution < -0.4 is 15.4 Å². The molecule has 4 aliphatic rings. The maximum absolute atomic E-state index is 13.3. The van der Waals surface area contributed by atoms with Crippen molar-refractivity contribution in [2.75, 3.05) is 20.1 Å². The van der Waals surface area contributed by atoms with Crippen LogP contribution in [0.1, 0.15) is 97.3 Å². The Hall–Kier alpha value is -4.21. The molecule has 2 aliphatic heterocycles. The zero-order valence-electron chi connectivity index (χ0n) is 31.8. The Morgan fingerprint density at radius 3 is 2.40 bits per heavy atom. The topological polar surface area (TPSA) is 199 Å². The lowest BCUT2D eigenvalue weighted by Crippen LogP contribution is -2.74. The van der Waals surface area contributed by atoms with E-state index in [0.29, 0.717) is 30.7 Å².